The van der Waals surface area contributed by atoms with Gasteiger partial charge in [-0.25, -0.2) is 4.98 Å². The first-order valence-electron chi connectivity index (χ1n) is 6.41. The van der Waals surface area contributed by atoms with Crippen LogP contribution in [0, 0.1) is 0 Å². The molecule has 0 bridgehead atoms. The van der Waals surface area contributed by atoms with Crippen LogP contribution in [0.1, 0.15) is 5.82 Å². The summed E-state index contributed by atoms with van der Waals surface area (Å²) in [6.07, 6.45) is 0.745. The van der Waals surface area contributed by atoms with E-state index in [0.29, 0.717) is 18.8 Å². The Morgan fingerprint density at radius 1 is 1.16 bits per heavy atom. The van der Waals surface area contributed by atoms with Gasteiger partial charge >= 0.3 is 0 Å². The largest absolute Gasteiger partial charge is 0.399 e. The number of nitrogens with one attached hydrogen (secondary N) is 1. The zero-order chi connectivity index (χ0) is 13.7. The van der Waals surface area contributed by atoms with Gasteiger partial charge in [-0.2, -0.15) is 0 Å². The lowest BCUT2D eigenvalue weighted by Gasteiger charge is -2.19. The fourth-order valence-electron chi connectivity index (χ4n) is 2.08. The number of aliphatic hydroxyl groups excluding tert-OH is 2. The van der Waals surface area contributed by atoms with E-state index < -0.39 is 0 Å². The summed E-state index contributed by atoms with van der Waals surface area (Å²) in [5.74, 6) is 0.890. The van der Waals surface area contributed by atoms with Gasteiger partial charge in [-0.15, -0.1) is 0 Å². The number of benzene rings is 1. The molecule has 0 fully saturated rings. The van der Waals surface area contributed by atoms with Crippen LogP contribution in [-0.2, 0) is 6.42 Å². The molecule has 0 radical (unpaired) electrons. The summed E-state index contributed by atoms with van der Waals surface area (Å²) in [6, 6.07) is 5.59. The molecule has 1 aromatic heterocycles. The van der Waals surface area contributed by atoms with Crippen LogP contribution in [0.5, 0.6) is 0 Å². The molecule has 6 nitrogen and oxygen atoms in total. The summed E-state index contributed by atoms with van der Waals surface area (Å²) in [6.45, 7) is 2.06. The van der Waals surface area contributed by atoms with Crippen molar-refractivity contribution in [2.24, 2.45) is 0 Å². The van der Waals surface area contributed by atoms with Crippen molar-refractivity contribution in [1.29, 1.82) is 0 Å². The molecule has 0 amide bonds. The molecule has 0 aliphatic rings. The highest BCUT2D eigenvalue weighted by molar-refractivity contribution is 5.78. The first kappa shape index (κ1) is 13.8. The molecule has 19 heavy (non-hydrogen) atoms. The van der Waals surface area contributed by atoms with Gasteiger partial charge in [-0.1, -0.05) is 0 Å². The second kappa shape index (κ2) is 6.51. The standard InChI is InChI=1S/C13H20N4O2/c14-10-1-2-11-12(9-10)16-13(15-11)3-4-17(5-7-18)6-8-19/h1-2,9,18-19H,3-8,14H2,(H,15,16). The van der Waals surface area contributed by atoms with Crippen LogP contribution in [0.3, 0.4) is 0 Å². The maximum Gasteiger partial charge on any atom is 0.108 e. The van der Waals surface area contributed by atoms with E-state index in [4.69, 9.17) is 15.9 Å². The predicted molar refractivity (Wildman–Crippen MR) is 74.8 cm³/mol. The fraction of sp³-hybridized carbons (Fsp3) is 0.462. The molecule has 0 aliphatic heterocycles. The van der Waals surface area contributed by atoms with Crippen molar-refractivity contribution in [3.63, 3.8) is 0 Å². The number of aromatic amines is 1. The third kappa shape index (κ3) is 3.66. The van der Waals surface area contributed by atoms with E-state index in [0.717, 1.165) is 29.8 Å². The van der Waals surface area contributed by atoms with Gasteiger partial charge in [-0.05, 0) is 18.2 Å². The lowest BCUT2D eigenvalue weighted by Crippen LogP contribution is -2.31. The van der Waals surface area contributed by atoms with E-state index in [1.54, 1.807) is 0 Å². The Balaban J connectivity index is 2.00. The molecular formula is C13H20N4O2. The normalized spacial score (nSPS) is 11.5. The number of H-pyrrole nitrogens is 1. The van der Waals surface area contributed by atoms with Gasteiger partial charge in [-0.3, -0.25) is 4.90 Å². The van der Waals surface area contributed by atoms with Gasteiger partial charge in [0, 0.05) is 31.7 Å². The number of nitrogen functional groups attached to an aromatic ring is 1. The Bertz CT molecular complexity index is 520. The molecule has 0 unspecified atom stereocenters. The lowest BCUT2D eigenvalue weighted by atomic mass is 10.3. The molecule has 2 rings (SSSR count). The van der Waals surface area contributed by atoms with Crippen LogP contribution in [-0.4, -0.2) is 57.9 Å². The quantitative estimate of drug-likeness (QED) is 0.527. The van der Waals surface area contributed by atoms with Crippen molar-refractivity contribution in [1.82, 2.24) is 14.9 Å². The number of aliphatic hydroxyl groups is 2. The van der Waals surface area contributed by atoms with Crippen molar-refractivity contribution in [2.75, 3.05) is 38.6 Å². The minimum atomic E-state index is 0.0939. The summed E-state index contributed by atoms with van der Waals surface area (Å²) in [4.78, 5) is 9.72. The molecule has 2 aromatic rings. The molecule has 104 valence electrons. The summed E-state index contributed by atoms with van der Waals surface area (Å²) < 4.78 is 0. The molecule has 0 atom stereocenters. The summed E-state index contributed by atoms with van der Waals surface area (Å²) in [5.41, 5.74) is 8.27. The van der Waals surface area contributed by atoms with Crippen LogP contribution >= 0.6 is 0 Å². The van der Waals surface area contributed by atoms with Gasteiger partial charge in [0.2, 0.25) is 0 Å². The van der Waals surface area contributed by atoms with Gasteiger partial charge in [0.25, 0.3) is 0 Å². The van der Waals surface area contributed by atoms with E-state index in [1.165, 1.54) is 0 Å². The monoisotopic (exact) mass is 264 g/mol. The maximum atomic E-state index is 8.94. The van der Waals surface area contributed by atoms with Gasteiger partial charge in [0.15, 0.2) is 0 Å². The summed E-state index contributed by atoms with van der Waals surface area (Å²) in [7, 11) is 0. The Kier molecular flexibility index (Phi) is 4.73. The number of nitrogens with zero attached hydrogens (tertiary/aromatic N) is 2. The Labute approximate surface area is 111 Å². The van der Waals surface area contributed by atoms with E-state index >= 15 is 0 Å². The van der Waals surface area contributed by atoms with Crippen LogP contribution in [0.4, 0.5) is 5.69 Å². The maximum absolute atomic E-state index is 8.94. The summed E-state index contributed by atoms with van der Waals surface area (Å²) in [5, 5.41) is 17.9. The lowest BCUT2D eigenvalue weighted by molar-refractivity contribution is 0.162. The van der Waals surface area contributed by atoms with Crippen molar-refractivity contribution in [3.8, 4) is 0 Å². The highest BCUT2D eigenvalue weighted by atomic mass is 16.3. The highest BCUT2D eigenvalue weighted by Gasteiger charge is 2.07. The third-order valence-electron chi connectivity index (χ3n) is 3.05. The second-order valence-corrected chi connectivity index (χ2v) is 4.50. The number of aromatic nitrogens is 2. The SMILES string of the molecule is Nc1ccc2nc(CCN(CCO)CCO)[nH]c2c1. The molecule has 1 aromatic carbocycles. The molecule has 0 spiro atoms. The minimum Gasteiger partial charge on any atom is -0.399 e. The fourth-order valence-corrected chi connectivity index (χ4v) is 2.08. The Morgan fingerprint density at radius 3 is 2.58 bits per heavy atom. The smallest absolute Gasteiger partial charge is 0.108 e. The zero-order valence-corrected chi connectivity index (χ0v) is 10.8. The first-order chi connectivity index (χ1) is 9.22. The topological polar surface area (TPSA) is 98.4 Å². The number of rotatable bonds is 7. The van der Waals surface area contributed by atoms with Crippen molar-refractivity contribution in [3.05, 3.63) is 24.0 Å². The average Bonchev–Trinajstić information content (AvgIpc) is 2.78. The molecule has 0 saturated heterocycles. The molecule has 0 aliphatic carbocycles. The van der Waals surface area contributed by atoms with Crippen LogP contribution < -0.4 is 5.73 Å². The zero-order valence-electron chi connectivity index (χ0n) is 10.8. The molecule has 0 saturated carbocycles. The molecule has 1 heterocycles. The molecule has 5 N–H and O–H groups in total. The third-order valence-corrected chi connectivity index (χ3v) is 3.05. The predicted octanol–water partition coefficient (Wildman–Crippen LogP) is -0.0258. The molecule has 6 heteroatoms. The highest BCUT2D eigenvalue weighted by Crippen LogP contribution is 2.15. The van der Waals surface area contributed by atoms with E-state index in [-0.39, 0.29) is 13.2 Å². The van der Waals surface area contributed by atoms with Crippen LogP contribution in [0.15, 0.2) is 18.2 Å². The van der Waals surface area contributed by atoms with Crippen LogP contribution in [0.25, 0.3) is 11.0 Å². The number of hydrogen-bond donors (Lipinski definition) is 4. The number of anilines is 1. The van der Waals surface area contributed by atoms with Crippen molar-refractivity contribution < 1.29 is 10.2 Å². The molecular weight excluding hydrogens is 244 g/mol. The van der Waals surface area contributed by atoms with Crippen molar-refractivity contribution >= 4 is 16.7 Å². The Hall–Kier alpha value is -1.63. The Morgan fingerprint density at radius 2 is 1.89 bits per heavy atom. The van der Waals surface area contributed by atoms with E-state index in [2.05, 4.69) is 9.97 Å². The van der Waals surface area contributed by atoms with Gasteiger partial charge in [0.1, 0.15) is 5.82 Å². The van der Waals surface area contributed by atoms with E-state index in [9.17, 15) is 0 Å². The van der Waals surface area contributed by atoms with Crippen LogP contribution in [0.2, 0.25) is 0 Å². The van der Waals surface area contributed by atoms with Gasteiger partial charge in [0.05, 0.1) is 24.2 Å². The number of nitrogens with two attached hydrogens (primary N) is 1. The first-order valence-corrected chi connectivity index (χ1v) is 6.41. The average molecular weight is 264 g/mol. The second-order valence-electron chi connectivity index (χ2n) is 4.50. The number of imidazole rings is 1. The van der Waals surface area contributed by atoms with Crippen molar-refractivity contribution in [2.45, 2.75) is 6.42 Å². The van der Waals surface area contributed by atoms with Gasteiger partial charge < -0.3 is 20.9 Å². The van der Waals surface area contributed by atoms with E-state index in [1.807, 2.05) is 23.1 Å². The summed E-state index contributed by atoms with van der Waals surface area (Å²) >= 11 is 0. The minimum absolute atomic E-state index is 0.0939. The number of fused-ring (bicyclic) bond motifs is 1. The number of hydrogen-bond acceptors (Lipinski definition) is 5.